The van der Waals surface area contributed by atoms with Crippen LogP contribution in [0.2, 0.25) is 5.02 Å². The van der Waals surface area contributed by atoms with Crippen molar-refractivity contribution in [3.63, 3.8) is 0 Å². The second kappa shape index (κ2) is 6.37. The molecule has 0 saturated heterocycles. The van der Waals surface area contributed by atoms with Gasteiger partial charge in [0.2, 0.25) is 0 Å². The molecule has 0 radical (unpaired) electrons. The van der Waals surface area contributed by atoms with Gasteiger partial charge in [-0.2, -0.15) is 0 Å². The SMILES string of the molecule is OC(Cc1ccc(OC(F)(F)F)cc1)c1cccc(Cl)c1. The maximum absolute atomic E-state index is 12.0. The second-order valence-corrected chi connectivity index (χ2v) is 4.90. The van der Waals surface area contributed by atoms with Crippen molar-refractivity contribution in [3.8, 4) is 5.75 Å². The van der Waals surface area contributed by atoms with Crippen molar-refractivity contribution in [1.82, 2.24) is 0 Å². The molecule has 0 aliphatic heterocycles. The quantitative estimate of drug-likeness (QED) is 0.899. The van der Waals surface area contributed by atoms with E-state index in [1.807, 2.05) is 0 Å². The molecule has 2 rings (SSSR count). The van der Waals surface area contributed by atoms with E-state index in [-0.39, 0.29) is 12.2 Å². The summed E-state index contributed by atoms with van der Waals surface area (Å²) in [6, 6.07) is 12.2. The van der Waals surface area contributed by atoms with Crippen LogP contribution in [0, 0.1) is 0 Å². The van der Waals surface area contributed by atoms with Crippen LogP contribution < -0.4 is 4.74 Å². The van der Waals surface area contributed by atoms with Gasteiger partial charge in [0.05, 0.1) is 6.10 Å². The van der Waals surface area contributed by atoms with Gasteiger partial charge in [-0.05, 0) is 35.4 Å². The van der Waals surface area contributed by atoms with E-state index in [1.165, 1.54) is 24.3 Å². The Morgan fingerprint density at radius 1 is 1.10 bits per heavy atom. The van der Waals surface area contributed by atoms with Crippen molar-refractivity contribution in [2.45, 2.75) is 18.9 Å². The molecule has 1 N–H and O–H groups in total. The van der Waals surface area contributed by atoms with Gasteiger partial charge in [-0.1, -0.05) is 35.9 Å². The van der Waals surface area contributed by atoms with E-state index in [1.54, 1.807) is 24.3 Å². The maximum atomic E-state index is 12.0. The number of halogens is 4. The third-order valence-corrected chi connectivity index (χ3v) is 3.05. The first kappa shape index (κ1) is 15.7. The zero-order chi connectivity index (χ0) is 15.5. The van der Waals surface area contributed by atoms with E-state index >= 15 is 0 Å². The van der Waals surface area contributed by atoms with Crippen LogP contribution in [0.5, 0.6) is 5.75 Å². The number of aliphatic hydroxyl groups is 1. The summed E-state index contributed by atoms with van der Waals surface area (Å²) in [5.41, 5.74) is 1.34. The van der Waals surface area contributed by atoms with Crippen molar-refractivity contribution in [2.75, 3.05) is 0 Å². The highest BCUT2D eigenvalue weighted by Gasteiger charge is 2.30. The lowest BCUT2D eigenvalue weighted by atomic mass is 10.0. The molecule has 0 spiro atoms. The Morgan fingerprint density at radius 2 is 1.76 bits per heavy atom. The van der Waals surface area contributed by atoms with Gasteiger partial charge in [0, 0.05) is 11.4 Å². The molecule has 6 heteroatoms. The fourth-order valence-electron chi connectivity index (χ4n) is 1.88. The summed E-state index contributed by atoms with van der Waals surface area (Å²) in [6.07, 6.45) is -5.22. The Bertz CT molecular complexity index is 597. The van der Waals surface area contributed by atoms with Gasteiger partial charge in [0.15, 0.2) is 0 Å². The van der Waals surface area contributed by atoms with Crippen LogP contribution in [0.1, 0.15) is 17.2 Å². The Hall–Kier alpha value is -1.72. The normalized spacial score (nSPS) is 13.0. The summed E-state index contributed by atoms with van der Waals surface area (Å²) in [5.74, 6) is -0.288. The largest absolute Gasteiger partial charge is 0.573 e. The summed E-state index contributed by atoms with van der Waals surface area (Å²) in [7, 11) is 0. The third kappa shape index (κ3) is 4.95. The molecule has 0 aliphatic carbocycles. The molecule has 21 heavy (non-hydrogen) atoms. The summed E-state index contributed by atoms with van der Waals surface area (Å²) >= 11 is 5.84. The van der Waals surface area contributed by atoms with Crippen LogP contribution in [0.25, 0.3) is 0 Å². The Morgan fingerprint density at radius 3 is 2.33 bits per heavy atom. The Labute approximate surface area is 124 Å². The van der Waals surface area contributed by atoms with Gasteiger partial charge < -0.3 is 9.84 Å². The lowest BCUT2D eigenvalue weighted by molar-refractivity contribution is -0.274. The summed E-state index contributed by atoms with van der Waals surface area (Å²) in [4.78, 5) is 0. The molecule has 2 aromatic carbocycles. The van der Waals surface area contributed by atoms with E-state index in [0.29, 0.717) is 16.1 Å². The first-order valence-electron chi connectivity index (χ1n) is 6.12. The summed E-state index contributed by atoms with van der Waals surface area (Å²) < 4.78 is 39.9. The topological polar surface area (TPSA) is 29.5 Å². The van der Waals surface area contributed by atoms with Crippen LogP contribution >= 0.6 is 11.6 Å². The minimum Gasteiger partial charge on any atom is -0.406 e. The molecule has 0 amide bonds. The average Bonchev–Trinajstić information content (AvgIpc) is 2.39. The van der Waals surface area contributed by atoms with Crippen LogP contribution in [-0.2, 0) is 6.42 Å². The monoisotopic (exact) mass is 316 g/mol. The molecule has 0 heterocycles. The molecule has 0 aliphatic rings. The highest BCUT2D eigenvalue weighted by molar-refractivity contribution is 6.30. The van der Waals surface area contributed by atoms with E-state index < -0.39 is 12.5 Å². The minimum atomic E-state index is -4.71. The number of rotatable bonds is 4. The first-order chi connectivity index (χ1) is 9.83. The minimum absolute atomic E-state index is 0.270. The lowest BCUT2D eigenvalue weighted by Gasteiger charge is -2.13. The fourth-order valence-corrected chi connectivity index (χ4v) is 2.08. The maximum Gasteiger partial charge on any atom is 0.573 e. The van der Waals surface area contributed by atoms with Crippen molar-refractivity contribution >= 4 is 11.6 Å². The Kier molecular flexibility index (Phi) is 4.75. The number of hydrogen-bond donors (Lipinski definition) is 1. The van der Waals surface area contributed by atoms with Crippen molar-refractivity contribution in [1.29, 1.82) is 0 Å². The lowest BCUT2D eigenvalue weighted by Crippen LogP contribution is -2.17. The number of aliphatic hydroxyl groups excluding tert-OH is 1. The molecule has 112 valence electrons. The van der Waals surface area contributed by atoms with E-state index in [9.17, 15) is 18.3 Å². The van der Waals surface area contributed by atoms with Crippen molar-refractivity contribution < 1.29 is 23.0 Å². The molecular formula is C15H12ClF3O2. The zero-order valence-corrected chi connectivity index (χ0v) is 11.5. The predicted octanol–water partition coefficient (Wildman–Crippen LogP) is 4.51. The first-order valence-corrected chi connectivity index (χ1v) is 6.49. The Balaban J connectivity index is 2.03. The third-order valence-electron chi connectivity index (χ3n) is 2.82. The standard InChI is InChI=1S/C15H12ClF3O2/c16-12-3-1-2-11(9-12)14(20)8-10-4-6-13(7-5-10)21-15(17,18)19/h1-7,9,14,20H,8H2. The molecule has 1 unspecified atom stereocenters. The van der Waals surface area contributed by atoms with E-state index in [0.717, 1.165) is 0 Å². The molecule has 0 bridgehead atoms. The van der Waals surface area contributed by atoms with E-state index in [2.05, 4.69) is 4.74 Å². The van der Waals surface area contributed by atoms with Gasteiger partial charge >= 0.3 is 6.36 Å². The number of benzene rings is 2. The van der Waals surface area contributed by atoms with Crippen LogP contribution in [0.15, 0.2) is 48.5 Å². The van der Waals surface area contributed by atoms with Gasteiger partial charge in [-0.25, -0.2) is 0 Å². The van der Waals surface area contributed by atoms with Gasteiger partial charge in [0.1, 0.15) is 5.75 Å². The van der Waals surface area contributed by atoms with Crippen LogP contribution in [0.4, 0.5) is 13.2 Å². The van der Waals surface area contributed by atoms with Crippen molar-refractivity contribution in [2.24, 2.45) is 0 Å². The highest BCUT2D eigenvalue weighted by atomic mass is 35.5. The number of alkyl halides is 3. The van der Waals surface area contributed by atoms with Gasteiger partial charge in [-0.3, -0.25) is 0 Å². The van der Waals surface area contributed by atoms with Gasteiger partial charge in [-0.15, -0.1) is 13.2 Å². The average molecular weight is 317 g/mol. The molecule has 2 nitrogen and oxygen atoms in total. The summed E-state index contributed by atoms with van der Waals surface area (Å²) in [5, 5.41) is 10.6. The summed E-state index contributed by atoms with van der Waals surface area (Å²) in [6.45, 7) is 0. The molecule has 1 atom stereocenters. The van der Waals surface area contributed by atoms with Gasteiger partial charge in [0.25, 0.3) is 0 Å². The second-order valence-electron chi connectivity index (χ2n) is 4.47. The fraction of sp³-hybridized carbons (Fsp3) is 0.200. The number of ether oxygens (including phenoxy) is 1. The molecular weight excluding hydrogens is 305 g/mol. The zero-order valence-electron chi connectivity index (χ0n) is 10.8. The van der Waals surface area contributed by atoms with Crippen molar-refractivity contribution in [3.05, 3.63) is 64.7 Å². The molecule has 0 saturated carbocycles. The highest BCUT2D eigenvalue weighted by Crippen LogP contribution is 2.25. The van der Waals surface area contributed by atoms with E-state index in [4.69, 9.17) is 11.6 Å². The molecule has 2 aromatic rings. The smallest absolute Gasteiger partial charge is 0.406 e. The predicted molar refractivity (Wildman–Crippen MR) is 73.2 cm³/mol. The molecule has 0 fully saturated rings. The van der Waals surface area contributed by atoms with Crippen LogP contribution in [-0.4, -0.2) is 11.5 Å². The van der Waals surface area contributed by atoms with Crippen LogP contribution in [0.3, 0.4) is 0 Å². The number of hydrogen-bond acceptors (Lipinski definition) is 2. The molecule has 0 aromatic heterocycles.